The molecule has 10 heteroatoms. The van der Waals surface area contributed by atoms with Gasteiger partial charge in [-0.15, -0.1) is 0 Å². The van der Waals surface area contributed by atoms with E-state index in [4.69, 9.17) is 9.47 Å². The fourth-order valence-electron chi connectivity index (χ4n) is 3.30. The van der Waals surface area contributed by atoms with Gasteiger partial charge in [0.05, 0.1) is 24.8 Å². The molecule has 164 valence electrons. The van der Waals surface area contributed by atoms with E-state index < -0.39 is 10.8 Å². The van der Waals surface area contributed by atoms with Crippen molar-refractivity contribution in [2.24, 2.45) is 0 Å². The molecule has 2 aromatic rings. The van der Waals surface area contributed by atoms with Gasteiger partial charge in [-0.3, -0.25) is 19.7 Å². The van der Waals surface area contributed by atoms with Gasteiger partial charge < -0.3 is 24.6 Å². The average molecular weight is 428 g/mol. The third-order valence-electron chi connectivity index (χ3n) is 5.12. The van der Waals surface area contributed by atoms with Gasteiger partial charge in [-0.2, -0.15) is 0 Å². The minimum absolute atomic E-state index is 0.0545. The lowest BCUT2D eigenvalue weighted by atomic mass is 10.1. The number of carbonyl (C=O) groups is 2. The molecule has 0 radical (unpaired) electrons. The van der Waals surface area contributed by atoms with Crippen LogP contribution in [0.1, 0.15) is 20.7 Å². The van der Waals surface area contributed by atoms with Crippen LogP contribution in [0.15, 0.2) is 36.4 Å². The first-order valence-electron chi connectivity index (χ1n) is 9.63. The lowest BCUT2D eigenvalue weighted by Gasteiger charge is -2.32. The Labute approximate surface area is 179 Å². The lowest BCUT2D eigenvalue weighted by Crippen LogP contribution is -2.47. The second kappa shape index (κ2) is 9.43. The Kier molecular flexibility index (Phi) is 6.71. The zero-order valence-electron chi connectivity index (χ0n) is 17.6. The summed E-state index contributed by atoms with van der Waals surface area (Å²) in [5.41, 5.74) is 0.471. The summed E-state index contributed by atoms with van der Waals surface area (Å²) < 4.78 is 10.3. The summed E-state index contributed by atoms with van der Waals surface area (Å²) in [5, 5.41) is 13.9. The van der Waals surface area contributed by atoms with Crippen LogP contribution in [0.2, 0.25) is 0 Å². The van der Waals surface area contributed by atoms with E-state index in [1.807, 2.05) is 7.05 Å². The smallest absolute Gasteiger partial charge is 0.311 e. The maximum Gasteiger partial charge on any atom is 0.311 e. The number of nitrogens with zero attached hydrogens (tertiary/aromatic N) is 3. The maximum atomic E-state index is 12.9. The van der Waals surface area contributed by atoms with E-state index in [9.17, 15) is 19.7 Å². The van der Waals surface area contributed by atoms with E-state index in [1.165, 1.54) is 26.4 Å². The van der Waals surface area contributed by atoms with Crippen molar-refractivity contribution in [3.8, 4) is 11.5 Å². The van der Waals surface area contributed by atoms with Crippen LogP contribution in [-0.2, 0) is 0 Å². The third-order valence-corrected chi connectivity index (χ3v) is 5.12. The fourth-order valence-corrected chi connectivity index (χ4v) is 3.30. The Hall–Kier alpha value is -3.66. The topological polar surface area (TPSA) is 114 Å². The summed E-state index contributed by atoms with van der Waals surface area (Å²) in [6.45, 7) is 2.83. The number of piperazine rings is 1. The quantitative estimate of drug-likeness (QED) is 0.554. The van der Waals surface area contributed by atoms with Crippen molar-refractivity contribution in [1.29, 1.82) is 0 Å². The van der Waals surface area contributed by atoms with Gasteiger partial charge in [-0.05, 0) is 37.4 Å². The molecule has 0 atom stereocenters. The molecule has 3 rings (SSSR count). The van der Waals surface area contributed by atoms with E-state index >= 15 is 0 Å². The molecule has 2 amide bonds. The number of hydrogen-bond donors (Lipinski definition) is 1. The van der Waals surface area contributed by atoms with E-state index in [2.05, 4.69) is 10.2 Å². The monoisotopic (exact) mass is 428 g/mol. The molecule has 1 aliphatic heterocycles. The largest absolute Gasteiger partial charge is 0.495 e. The van der Waals surface area contributed by atoms with E-state index in [-0.39, 0.29) is 22.9 Å². The van der Waals surface area contributed by atoms with Crippen LogP contribution in [0.4, 0.5) is 11.4 Å². The van der Waals surface area contributed by atoms with Crippen LogP contribution in [-0.4, -0.2) is 74.0 Å². The number of rotatable bonds is 6. The van der Waals surface area contributed by atoms with Crippen molar-refractivity contribution >= 4 is 23.2 Å². The zero-order chi connectivity index (χ0) is 22.5. The van der Waals surface area contributed by atoms with Crippen LogP contribution in [0, 0.1) is 10.1 Å². The molecule has 2 aromatic carbocycles. The first-order chi connectivity index (χ1) is 14.8. The number of ether oxygens (including phenoxy) is 2. The first-order valence-corrected chi connectivity index (χ1v) is 9.63. The van der Waals surface area contributed by atoms with Crippen LogP contribution in [0.3, 0.4) is 0 Å². The number of nitro groups is 1. The van der Waals surface area contributed by atoms with Gasteiger partial charge >= 0.3 is 5.69 Å². The van der Waals surface area contributed by atoms with E-state index in [1.54, 1.807) is 23.1 Å². The minimum atomic E-state index is -0.620. The number of likely N-dealkylation sites (N-methyl/N-ethyl adjacent to an activating group) is 1. The SMILES string of the molecule is COc1ccc(C(=O)N2CCN(C)CC2)cc1NC(=O)c1ccc(OC)c([N+](=O)[O-])c1. The molecule has 0 saturated carbocycles. The van der Waals surface area contributed by atoms with Crippen molar-refractivity contribution in [1.82, 2.24) is 9.80 Å². The Morgan fingerprint density at radius 2 is 1.58 bits per heavy atom. The average Bonchev–Trinajstić information content (AvgIpc) is 2.78. The Morgan fingerprint density at radius 1 is 0.968 bits per heavy atom. The van der Waals surface area contributed by atoms with E-state index in [0.29, 0.717) is 30.1 Å². The number of nitrogens with one attached hydrogen (secondary N) is 1. The molecule has 1 N–H and O–H groups in total. The Bertz CT molecular complexity index is 1000. The summed E-state index contributed by atoms with van der Waals surface area (Å²) in [6.07, 6.45) is 0. The normalized spacial score (nSPS) is 14.1. The number of carbonyl (C=O) groups excluding carboxylic acids is 2. The first kappa shape index (κ1) is 22.0. The van der Waals surface area contributed by atoms with Gasteiger partial charge in [-0.1, -0.05) is 0 Å². The van der Waals surface area contributed by atoms with Crippen molar-refractivity contribution in [3.63, 3.8) is 0 Å². The highest BCUT2D eigenvalue weighted by atomic mass is 16.6. The number of amides is 2. The molecule has 0 aromatic heterocycles. The highest BCUT2D eigenvalue weighted by Gasteiger charge is 2.23. The van der Waals surface area contributed by atoms with E-state index in [0.717, 1.165) is 19.2 Å². The van der Waals surface area contributed by atoms with Crippen molar-refractivity contribution in [2.75, 3.05) is 52.8 Å². The Balaban J connectivity index is 1.84. The molecular formula is C21H24N4O6. The van der Waals surface area contributed by atoms with Gasteiger partial charge in [-0.25, -0.2) is 0 Å². The molecule has 0 unspecified atom stereocenters. The number of benzene rings is 2. The van der Waals surface area contributed by atoms with Crippen LogP contribution in [0.25, 0.3) is 0 Å². The number of methoxy groups -OCH3 is 2. The second-order valence-electron chi connectivity index (χ2n) is 7.11. The van der Waals surface area contributed by atoms with Crippen LogP contribution in [0.5, 0.6) is 11.5 Å². The lowest BCUT2D eigenvalue weighted by molar-refractivity contribution is -0.385. The maximum absolute atomic E-state index is 12.9. The number of anilines is 1. The Morgan fingerprint density at radius 3 is 2.19 bits per heavy atom. The summed E-state index contributed by atoms with van der Waals surface area (Å²) >= 11 is 0. The summed E-state index contributed by atoms with van der Waals surface area (Å²) in [6, 6.07) is 8.72. The number of hydrogen-bond acceptors (Lipinski definition) is 7. The standard InChI is InChI=1S/C21H24N4O6/c1-23-8-10-24(11-9-23)21(27)15-5-6-18(30-2)16(12-15)22-20(26)14-4-7-19(31-3)17(13-14)25(28)29/h4-7,12-13H,8-11H2,1-3H3,(H,22,26). The van der Waals surface area contributed by atoms with Crippen molar-refractivity contribution in [3.05, 3.63) is 57.6 Å². The van der Waals surface area contributed by atoms with Crippen molar-refractivity contribution < 1.29 is 24.0 Å². The molecule has 1 aliphatic rings. The summed E-state index contributed by atoms with van der Waals surface area (Å²) in [5.74, 6) is -0.287. The highest BCUT2D eigenvalue weighted by Crippen LogP contribution is 2.30. The minimum Gasteiger partial charge on any atom is -0.495 e. The molecule has 10 nitrogen and oxygen atoms in total. The van der Waals surface area contributed by atoms with Gasteiger partial charge in [0.25, 0.3) is 11.8 Å². The third kappa shape index (κ3) is 4.92. The fraction of sp³-hybridized carbons (Fsp3) is 0.333. The van der Waals surface area contributed by atoms with Crippen LogP contribution < -0.4 is 14.8 Å². The molecular weight excluding hydrogens is 404 g/mol. The molecule has 31 heavy (non-hydrogen) atoms. The van der Waals surface area contributed by atoms with Gasteiger partial charge in [0.15, 0.2) is 5.75 Å². The zero-order valence-corrected chi connectivity index (χ0v) is 17.6. The van der Waals surface area contributed by atoms with Crippen LogP contribution >= 0.6 is 0 Å². The van der Waals surface area contributed by atoms with Gasteiger partial charge in [0, 0.05) is 43.4 Å². The molecule has 1 saturated heterocycles. The predicted molar refractivity (Wildman–Crippen MR) is 114 cm³/mol. The van der Waals surface area contributed by atoms with Crippen molar-refractivity contribution in [2.45, 2.75) is 0 Å². The molecule has 0 spiro atoms. The number of nitro benzene ring substituents is 1. The second-order valence-corrected chi connectivity index (χ2v) is 7.11. The molecule has 1 fully saturated rings. The molecule has 1 heterocycles. The van der Waals surface area contributed by atoms with Gasteiger partial charge in [0.2, 0.25) is 0 Å². The van der Waals surface area contributed by atoms with Gasteiger partial charge in [0.1, 0.15) is 5.75 Å². The summed E-state index contributed by atoms with van der Waals surface area (Å²) in [7, 11) is 4.77. The summed E-state index contributed by atoms with van der Waals surface area (Å²) in [4.78, 5) is 40.1. The predicted octanol–water partition coefficient (Wildman–Crippen LogP) is 2.25. The molecule has 0 bridgehead atoms. The molecule has 0 aliphatic carbocycles. The highest BCUT2D eigenvalue weighted by molar-refractivity contribution is 6.06.